The number of rotatable bonds is 3. The van der Waals surface area contributed by atoms with Crippen molar-refractivity contribution in [2.24, 2.45) is 0 Å². The van der Waals surface area contributed by atoms with E-state index in [2.05, 4.69) is 30.1 Å². The van der Waals surface area contributed by atoms with Crippen LogP contribution in [-0.4, -0.2) is 7.05 Å². The monoisotopic (exact) mass is 208 g/mol. The summed E-state index contributed by atoms with van der Waals surface area (Å²) in [6.45, 7) is 4.14. The van der Waals surface area contributed by atoms with E-state index in [1.165, 1.54) is 0 Å². The zero-order chi connectivity index (χ0) is 11.4. The minimum Gasteiger partial charge on any atom is -0.288 e. The van der Waals surface area contributed by atoms with Crippen molar-refractivity contribution in [3.63, 3.8) is 0 Å². The molecule has 1 radical (unpaired) electrons. The first-order chi connectivity index (χ1) is 7.83. The summed E-state index contributed by atoms with van der Waals surface area (Å²) < 4.78 is 0. The maximum absolute atomic E-state index is 4.26. The molecule has 0 heterocycles. The average molecular weight is 208 g/mol. The highest BCUT2D eigenvalue weighted by Crippen LogP contribution is 2.27. The molecule has 0 aromatic heterocycles. The second-order valence-corrected chi connectivity index (χ2v) is 3.59. The van der Waals surface area contributed by atoms with E-state index in [9.17, 15) is 0 Å². The van der Waals surface area contributed by atoms with Crippen molar-refractivity contribution in [2.75, 3.05) is 7.05 Å². The van der Waals surface area contributed by atoms with Crippen molar-refractivity contribution in [3.05, 3.63) is 72.3 Å². The molecule has 16 heavy (non-hydrogen) atoms. The number of para-hydroxylation sites is 1. The lowest BCUT2D eigenvalue weighted by Crippen LogP contribution is -1.94. The van der Waals surface area contributed by atoms with Crippen LogP contribution in [0.25, 0.3) is 5.57 Å². The van der Waals surface area contributed by atoms with Crippen LogP contribution in [-0.2, 0) is 0 Å². The van der Waals surface area contributed by atoms with Crippen LogP contribution in [0.4, 0.5) is 5.69 Å². The Morgan fingerprint density at radius 1 is 0.938 bits per heavy atom. The number of hydrogen-bond donors (Lipinski definition) is 0. The third-order valence-corrected chi connectivity index (χ3v) is 2.59. The predicted octanol–water partition coefficient (Wildman–Crippen LogP) is 3.61. The van der Waals surface area contributed by atoms with Crippen LogP contribution in [0.1, 0.15) is 11.1 Å². The summed E-state index contributed by atoms with van der Waals surface area (Å²) in [6, 6.07) is 18.2. The molecular formula is C15H14N. The van der Waals surface area contributed by atoms with Gasteiger partial charge in [0.25, 0.3) is 0 Å². The largest absolute Gasteiger partial charge is 0.288 e. The van der Waals surface area contributed by atoms with Gasteiger partial charge in [-0.05, 0) is 17.2 Å². The fourth-order valence-corrected chi connectivity index (χ4v) is 1.72. The van der Waals surface area contributed by atoms with Crippen LogP contribution < -0.4 is 5.32 Å². The molecule has 0 N–H and O–H groups in total. The molecule has 0 spiro atoms. The molecule has 1 heteroatoms. The zero-order valence-electron chi connectivity index (χ0n) is 9.35. The maximum atomic E-state index is 4.26. The molecule has 0 aliphatic rings. The van der Waals surface area contributed by atoms with E-state index in [1.54, 1.807) is 7.05 Å². The summed E-state index contributed by atoms with van der Waals surface area (Å²) in [6.07, 6.45) is 0. The lowest BCUT2D eigenvalue weighted by atomic mass is 9.98. The second kappa shape index (κ2) is 4.67. The molecule has 1 nitrogen and oxygen atoms in total. The second-order valence-electron chi connectivity index (χ2n) is 3.59. The van der Waals surface area contributed by atoms with Crippen LogP contribution in [0, 0.1) is 0 Å². The number of benzene rings is 2. The molecule has 0 aliphatic carbocycles. The summed E-state index contributed by atoms with van der Waals surface area (Å²) in [5.41, 5.74) is 4.23. The van der Waals surface area contributed by atoms with Gasteiger partial charge in [0.2, 0.25) is 0 Å². The van der Waals surface area contributed by atoms with Gasteiger partial charge in [0.15, 0.2) is 0 Å². The van der Waals surface area contributed by atoms with Crippen molar-refractivity contribution < 1.29 is 0 Å². The van der Waals surface area contributed by atoms with Gasteiger partial charge in [-0.2, -0.15) is 0 Å². The number of nitrogens with zero attached hydrogens (tertiary/aromatic N) is 1. The van der Waals surface area contributed by atoms with Gasteiger partial charge >= 0.3 is 0 Å². The van der Waals surface area contributed by atoms with Gasteiger partial charge in [-0.15, -0.1) is 0 Å². The van der Waals surface area contributed by atoms with E-state index < -0.39 is 0 Å². The van der Waals surface area contributed by atoms with E-state index in [4.69, 9.17) is 0 Å². The quantitative estimate of drug-likeness (QED) is 0.731. The molecule has 2 rings (SSSR count). The van der Waals surface area contributed by atoms with Gasteiger partial charge in [0.05, 0.1) is 5.69 Å². The Morgan fingerprint density at radius 2 is 1.56 bits per heavy atom. The summed E-state index contributed by atoms with van der Waals surface area (Å²) in [7, 11) is 1.80. The normalized spacial score (nSPS) is 9.81. The van der Waals surface area contributed by atoms with Crippen molar-refractivity contribution in [3.8, 4) is 0 Å². The minimum absolute atomic E-state index is 0.983. The molecule has 79 valence electrons. The molecular weight excluding hydrogens is 194 g/mol. The molecule has 0 saturated carbocycles. The fourth-order valence-electron chi connectivity index (χ4n) is 1.72. The standard InChI is InChI=1S/C15H14N/c1-12(13-8-4-3-5-9-13)14-10-6-7-11-15(14)16-2/h3-11H,1H2,2H3. The third kappa shape index (κ3) is 1.98. The van der Waals surface area contributed by atoms with Gasteiger partial charge in [-0.25, -0.2) is 0 Å². The van der Waals surface area contributed by atoms with Gasteiger partial charge in [-0.1, -0.05) is 55.1 Å². The first kappa shape index (κ1) is 10.5. The van der Waals surface area contributed by atoms with Crippen molar-refractivity contribution in [1.29, 1.82) is 0 Å². The average Bonchev–Trinajstić information content (AvgIpc) is 2.39. The minimum atomic E-state index is 0.983. The first-order valence-electron chi connectivity index (χ1n) is 5.26. The Labute approximate surface area is 96.4 Å². The topological polar surface area (TPSA) is 14.1 Å². The van der Waals surface area contributed by atoms with E-state index >= 15 is 0 Å². The van der Waals surface area contributed by atoms with E-state index in [0.29, 0.717) is 0 Å². The molecule has 0 aliphatic heterocycles. The van der Waals surface area contributed by atoms with Crippen LogP contribution >= 0.6 is 0 Å². The van der Waals surface area contributed by atoms with Gasteiger partial charge in [0, 0.05) is 12.6 Å². The lowest BCUT2D eigenvalue weighted by molar-refractivity contribution is 1.08. The zero-order valence-corrected chi connectivity index (χ0v) is 9.35. The summed E-state index contributed by atoms with van der Waals surface area (Å²) >= 11 is 0. The third-order valence-electron chi connectivity index (χ3n) is 2.59. The van der Waals surface area contributed by atoms with Crippen molar-refractivity contribution >= 4 is 11.3 Å². The fraction of sp³-hybridized carbons (Fsp3) is 0.0667. The number of hydrogen-bond acceptors (Lipinski definition) is 0. The Kier molecular flexibility index (Phi) is 3.06. The summed E-state index contributed by atoms with van der Waals surface area (Å²) in [5, 5.41) is 4.26. The van der Waals surface area contributed by atoms with Crippen LogP contribution in [0.15, 0.2) is 61.2 Å². The molecule has 0 bridgehead atoms. The van der Waals surface area contributed by atoms with Crippen molar-refractivity contribution in [1.82, 2.24) is 5.32 Å². The molecule has 0 fully saturated rings. The smallest absolute Gasteiger partial charge is 0.0649 e. The molecule has 2 aromatic rings. The summed E-state index contributed by atoms with van der Waals surface area (Å²) in [5.74, 6) is 0. The van der Waals surface area contributed by atoms with E-state index in [-0.39, 0.29) is 0 Å². The molecule has 0 amide bonds. The maximum Gasteiger partial charge on any atom is 0.0649 e. The molecule has 0 saturated heterocycles. The predicted molar refractivity (Wildman–Crippen MR) is 68.7 cm³/mol. The van der Waals surface area contributed by atoms with Gasteiger partial charge < -0.3 is 0 Å². The van der Waals surface area contributed by atoms with E-state index in [1.807, 2.05) is 36.4 Å². The van der Waals surface area contributed by atoms with Crippen LogP contribution in [0.5, 0.6) is 0 Å². The molecule has 0 unspecified atom stereocenters. The van der Waals surface area contributed by atoms with Gasteiger partial charge in [-0.3, -0.25) is 5.32 Å². The Hall–Kier alpha value is -2.02. The lowest BCUT2D eigenvalue weighted by Gasteiger charge is -2.10. The molecule has 2 aromatic carbocycles. The summed E-state index contributed by atoms with van der Waals surface area (Å²) in [4.78, 5) is 0. The highest BCUT2D eigenvalue weighted by Gasteiger charge is 2.06. The Bertz CT molecular complexity index is 486. The Morgan fingerprint density at radius 3 is 2.25 bits per heavy atom. The van der Waals surface area contributed by atoms with Crippen LogP contribution in [0.2, 0.25) is 0 Å². The SMILES string of the molecule is C=C(c1ccccc1)c1ccccc1[N]C. The highest BCUT2D eigenvalue weighted by atomic mass is 14.8. The van der Waals surface area contributed by atoms with Crippen molar-refractivity contribution in [2.45, 2.75) is 0 Å². The Balaban J connectivity index is 2.42. The molecule has 0 atom stereocenters. The first-order valence-corrected chi connectivity index (χ1v) is 5.26. The van der Waals surface area contributed by atoms with Crippen LogP contribution in [0.3, 0.4) is 0 Å². The van der Waals surface area contributed by atoms with E-state index in [0.717, 1.165) is 22.4 Å². The van der Waals surface area contributed by atoms with Gasteiger partial charge in [0.1, 0.15) is 0 Å². The highest BCUT2D eigenvalue weighted by molar-refractivity contribution is 5.83.